The molecule has 4 aromatic rings. The van der Waals surface area contributed by atoms with Crippen molar-refractivity contribution in [3.05, 3.63) is 58.9 Å². The van der Waals surface area contributed by atoms with E-state index in [-0.39, 0.29) is 23.8 Å². The van der Waals surface area contributed by atoms with Crippen LogP contribution in [0, 0.1) is 18.6 Å². The number of carbonyl (C=O) groups is 1. The van der Waals surface area contributed by atoms with Gasteiger partial charge in [0.2, 0.25) is 11.7 Å². The molecule has 1 aliphatic heterocycles. The van der Waals surface area contributed by atoms with E-state index in [2.05, 4.69) is 30.6 Å². The van der Waals surface area contributed by atoms with Crippen LogP contribution in [0.5, 0.6) is 0 Å². The molecular formula is C21H17F2N7O. The Bertz CT molecular complexity index is 1380. The number of amides is 1. The molecular weight excluding hydrogens is 404 g/mol. The zero-order valence-electron chi connectivity index (χ0n) is 16.9. The first kappa shape index (κ1) is 19.2. The maximum atomic E-state index is 14.2. The van der Waals surface area contributed by atoms with Crippen molar-refractivity contribution in [2.45, 2.75) is 32.7 Å². The minimum absolute atomic E-state index is 0.0429. The molecule has 4 heterocycles. The van der Waals surface area contributed by atoms with Crippen molar-refractivity contribution < 1.29 is 13.6 Å². The van der Waals surface area contributed by atoms with Crippen LogP contribution in [0.15, 0.2) is 30.3 Å². The van der Waals surface area contributed by atoms with Gasteiger partial charge in [-0.2, -0.15) is 5.10 Å². The molecule has 5 rings (SSSR count). The minimum atomic E-state index is -0.825. The monoisotopic (exact) mass is 421 g/mol. The number of anilines is 1. The second-order valence-electron chi connectivity index (χ2n) is 7.98. The fraction of sp³-hybridized carbons (Fsp3) is 0.238. The lowest BCUT2D eigenvalue weighted by atomic mass is 9.91. The number of rotatable bonds is 3. The van der Waals surface area contributed by atoms with Gasteiger partial charge in [-0.3, -0.25) is 4.79 Å². The molecule has 0 saturated carbocycles. The Morgan fingerprint density at radius 1 is 1.10 bits per heavy atom. The quantitative estimate of drug-likeness (QED) is 0.546. The summed E-state index contributed by atoms with van der Waals surface area (Å²) >= 11 is 0. The van der Waals surface area contributed by atoms with Gasteiger partial charge in [0.05, 0.1) is 17.3 Å². The van der Waals surface area contributed by atoms with Crippen LogP contribution in [0.4, 0.5) is 14.6 Å². The van der Waals surface area contributed by atoms with E-state index in [0.29, 0.717) is 28.2 Å². The Morgan fingerprint density at radius 2 is 1.90 bits per heavy atom. The lowest BCUT2D eigenvalue weighted by Gasteiger charge is -2.11. The van der Waals surface area contributed by atoms with Crippen LogP contribution in [-0.4, -0.2) is 35.9 Å². The van der Waals surface area contributed by atoms with E-state index < -0.39 is 17.0 Å². The molecule has 0 atom stereocenters. The van der Waals surface area contributed by atoms with Crippen LogP contribution in [0.25, 0.3) is 22.6 Å². The summed E-state index contributed by atoms with van der Waals surface area (Å²) in [7, 11) is 0. The number of carbonyl (C=O) groups excluding carboxylic acids is 1. The number of fused-ring (bicyclic) bond motifs is 2. The molecule has 156 valence electrons. The summed E-state index contributed by atoms with van der Waals surface area (Å²) in [4.78, 5) is 21.2. The first-order valence-electron chi connectivity index (χ1n) is 9.59. The number of aryl methyl sites for hydroxylation is 1. The SMILES string of the molecule is Cc1ccc2c(-c3nnc4c(n3)NC(=O)C4(C)C)nn(Cc3ccc(F)cc3F)c2n1. The fourth-order valence-electron chi connectivity index (χ4n) is 3.54. The average Bonchev–Trinajstić information content (AvgIpc) is 3.18. The summed E-state index contributed by atoms with van der Waals surface area (Å²) in [6.07, 6.45) is 0. The Kier molecular flexibility index (Phi) is 4.07. The molecule has 1 aliphatic rings. The summed E-state index contributed by atoms with van der Waals surface area (Å²) in [5, 5.41) is 16.3. The van der Waals surface area contributed by atoms with E-state index in [0.717, 1.165) is 11.8 Å². The number of aromatic nitrogens is 6. The summed E-state index contributed by atoms with van der Waals surface area (Å²) in [6, 6.07) is 7.05. The highest BCUT2D eigenvalue weighted by atomic mass is 19.1. The summed E-state index contributed by atoms with van der Waals surface area (Å²) < 4.78 is 29.0. The molecule has 3 aromatic heterocycles. The van der Waals surface area contributed by atoms with Crippen LogP contribution in [0.1, 0.15) is 30.8 Å². The van der Waals surface area contributed by atoms with Crippen molar-refractivity contribution in [3.63, 3.8) is 0 Å². The van der Waals surface area contributed by atoms with E-state index in [1.165, 1.54) is 16.8 Å². The molecule has 1 amide bonds. The highest BCUT2D eigenvalue weighted by Gasteiger charge is 2.42. The minimum Gasteiger partial charge on any atom is -0.308 e. The summed E-state index contributed by atoms with van der Waals surface area (Å²) in [5.74, 6) is -0.971. The van der Waals surface area contributed by atoms with Crippen molar-refractivity contribution in [2.75, 3.05) is 5.32 Å². The van der Waals surface area contributed by atoms with Crippen molar-refractivity contribution in [1.29, 1.82) is 0 Å². The van der Waals surface area contributed by atoms with E-state index in [1.807, 2.05) is 19.1 Å². The number of pyridine rings is 1. The normalized spacial score (nSPS) is 14.7. The number of nitrogens with zero attached hydrogens (tertiary/aromatic N) is 6. The Balaban J connectivity index is 1.64. The molecule has 0 unspecified atom stereocenters. The first-order valence-corrected chi connectivity index (χ1v) is 9.59. The predicted molar refractivity (Wildman–Crippen MR) is 108 cm³/mol. The Hall–Kier alpha value is -3.82. The van der Waals surface area contributed by atoms with Gasteiger partial charge in [-0.15, -0.1) is 10.2 Å². The van der Waals surface area contributed by atoms with Crippen molar-refractivity contribution in [3.8, 4) is 11.5 Å². The van der Waals surface area contributed by atoms with Crippen molar-refractivity contribution >= 4 is 22.8 Å². The van der Waals surface area contributed by atoms with Crippen LogP contribution in [0.2, 0.25) is 0 Å². The number of hydrogen-bond donors (Lipinski definition) is 1. The lowest BCUT2D eigenvalue weighted by Crippen LogP contribution is -2.27. The molecule has 31 heavy (non-hydrogen) atoms. The molecule has 8 nitrogen and oxygen atoms in total. The molecule has 1 N–H and O–H groups in total. The summed E-state index contributed by atoms with van der Waals surface area (Å²) in [5.41, 5.74) is 1.57. The first-order chi connectivity index (χ1) is 14.7. The third kappa shape index (κ3) is 3.02. The highest BCUT2D eigenvalue weighted by molar-refractivity contribution is 6.04. The highest BCUT2D eigenvalue weighted by Crippen LogP contribution is 2.35. The van der Waals surface area contributed by atoms with E-state index in [4.69, 9.17) is 0 Å². The number of halogens is 2. The van der Waals surface area contributed by atoms with Crippen molar-refractivity contribution in [2.24, 2.45) is 0 Å². The maximum absolute atomic E-state index is 14.2. The second kappa shape index (κ2) is 6.59. The number of benzene rings is 1. The van der Waals surface area contributed by atoms with Gasteiger partial charge in [0.25, 0.3) is 0 Å². The van der Waals surface area contributed by atoms with Gasteiger partial charge in [-0.1, -0.05) is 6.07 Å². The predicted octanol–water partition coefficient (Wildman–Crippen LogP) is 3.15. The Morgan fingerprint density at radius 3 is 2.68 bits per heavy atom. The molecule has 0 radical (unpaired) electrons. The van der Waals surface area contributed by atoms with Gasteiger partial charge >= 0.3 is 0 Å². The third-order valence-electron chi connectivity index (χ3n) is 5.36. The largest absolute Gasteiger partial charge is 0.308 e. The zero-order chi connectivity index (χ0) is 21.9. The zero-order valence-corrected chi connectivity index (χ0v) is 16.9. The number of nitrogens with one attached hydrogen (secondary N) is 1. The molecule has 0 saturated heterocycles. The molecule has 0 aliphatic carbocycles. The molecule has 0 bridgehead atoms. The molecule has 0 spiro atoms. The second-order valence-corrected chi connectivity index (χ2v) is 7.98. The lowest BCUT2D eigenvalue weighted by molar-refractivity contribution is -0.119. The smallest absolute Gasteiger partial charge is 0.237 e. The van der Waals surface area contributed by atoms with E-state index in [9.17, 15) is 13.6 Å². The average molecular weight is 421 g/mol. The Labute approximate surface area is 175 Å². The van der Waals surface area contributed by atoms with Crippen LogP contribution in [0.3, 0.4) is 0 Å². The van der Waals surface area contributed by atoms with Gasteiger partial charge < -0.3 is 5.32 Å². The van der Waals surface area contributed by atoms with Crippen molar-refractivity contribution in [1.82, 2.24) is 29.9 Å². The number of hydrogen-bond acceptors (Lipinski definition) is 6. The summed E-state index contributed by atoms with van der Waals surface area (Å²) in [6.45, 7) is 5.37. The molecule has 1 aromatic carbocycles. The van der Waals surface area contributed by atoms with Gasteiger partial charge in [-0.25, -0.2) is 23.4 Å². The molecule has 10 heteroatoms. The third-order valence-corrected chi connectivity index (χ3v) is 5.36. The molecule has 0 fully saturated rings. The topological polar surface area (TPSA) is 98.5 Å². The van der Waals surface area contributed by atoms with Gasteiger partial charge in [0, 0.05) is 17.3 Å². The van der Waals surface area contributed by atoms with E-state index >= 15 is 0 Å². The standard InChI is InChI=1S/C21H17F2N7O/c1-10-4-7-13-15(17-25-18-16(27-28-17)21(2,3)20(31)26-18)29-30(19(13)24-10)9-11-5-6-12(22)8-14(11)23/h4-8H,9H2,1-3H3,(H,25,26,28,31). The fourth-order valence-corrected chi connectivity index (χ4v) is 3.54. The van der Waals surface area contributed by atoms with Gasteiger partial charge in [-0.05, 0) is 39.0 Å². The van der Waals surface area contributed by atoms with E-state index in [1.54, 1.807) is 13.8 Å². The maximum Gasteiger partial charge on any atom is 0.237 e. The van der Waals surface area contributed by atoms with Gasteiger partial charge in [0.15, 0.2) is 11.5 Å². The van der Waals surface area contributed by atoms with Gasteiger partial charge in [0.1, 0.15) is 23.0 Å². The van der Waals surface area contributed by atoms with Crippen LogP contribution < -0.4 is 5.32 Å². The van der Waals surface area contributed by atoms with Crippen LogP contribution >= 0.6 is 0 Å². The van der Waals surface area contributed by atoms with Crippen LogP contribution in [-0.2, 0) is 16.8 Å².